The molecule has 0 rings (SSSR count). The zero-order valence-electron chi connectivity index (χ0n) is 6.22. The third-order valence-electron chi connectivity index (χ3n) is 0.719. The lowest BCUT2D eigenvalue weighted by Gasteiger charge is -1.97. The maximum absolute atomic E-state index is 10.3. The van der Waals surface area contributed by atoms with Gasteiger partial charge in [0.2, 0.25) is 0 Å². The molecule has 0 aromatic carbocycles. The smallest absolute Gasteiger partial charge is 0.137 e. The van der Waals surface area contributed by atoms with Crippen LogP contribution in [-0.2, 0) is 4.79 Å². The van der Waals surface area contributed by atoms with Gasteiger partial charge in [-0.2, -0.15) is 12.6 Å². The van der Waals surface area contributed by atoms with Crippen molar-refractivity contribution in [2.45, 2.75) is 26.4 Å². The van der Waals surface area contributed by atoms with Gasteiger partial charge in [-0.1, -0.05) is 13.8 Å². The zero-order chi connectivity index (χ0) is 7.86. The summed E-state index contributed by atoms with van der Waals surface area (Å²) in [5, 5.41) is 0. The van der Waals surface area contributed by atoms with Gasteiger partial charge in [-0.15, -0.1) is 9.24 Å². The highest BCUT2D eigenvalue weighted by Gasteiger charge is 2.01. The summed E-state index contributed by atoms with van der Waals surface area (Å²) in [6.45, 7) is 5.56. The average Bonchev–Trinajstić information content (AvgIpc) is 1.91. The van der Waals surface area contributed by atoms with Gasteiger partial charge in [-0.3, -0.25) is 4.79 Å². The SMILES string of the molecule is CC.CC(=O)C(P)CS. The Morgan fingerprint density at radius 1 is 1.67 bits per heavy atom. The first-order valence-corrected chi connectivity index (χ1v) is 4.35. The maximum Gasteiger partial charge on any atom is 0.137 e. The lowest BCUT2D eigenvalue weighted by atomic mass is 10.3. The fraction of sp³-hybridized carbons (Fsp3) is 0.833. The van der Waals surface area contributed by atoms with E-state index in [2.05, 4.69) is 21.9 Å². The topological polar surface area (TPSA) is 17.1 Å². The normalized spacial score (nSPS) is 11.2. The van der Waals surface area contributed by atoms with Crippen LogP contribution in [0.2, 0.25) is 0 Å². The van der Waals surface area contributed by atoms with Crippen molar-refractivity contribution in [3.05, 3.63) is 0 Å². The Morgan fingerprint density at radius 2 is 2.00 bits per heavy atom. The van der Waals surface area contributed by atoms with Crippen molar-refractivity contribution >= 4 is 27.7 Å². The predicted molar refractivity (Wildman–Crippen MR) is 49.4 cm³/mol. The van der Waals surface area contributed by atoms with Crippen molar-refractivity contribution in [3.8, 4) is 0 Å². The highest BCUT2D eigenvalue weighted by atomic mass is 32.1. The molecule has 0 aromatic rings. The molecule has 2 atom stereocenters. The highest BCUT2D eigenvalue weighted by molar-refractivity contribution is 7.80. The Bertz CT molecular complexity index is 75.5. The number of carbonyl (C=O) groups is 1. The van der Waals surface area contributed by atoms with Gasteiger partial charge in [0.1, 0.15) is 5.78 Å². The van der Waals surface area contributed by atoms with Crippen LogP contribution in [0.1, 0.15) is 20.8 Å². The van der Waals surface area contributed by atoms with Crippen LogP contribution in [-0.4, -0.2) is 17.2 Å². The van der Waals surface area contributed by atoms with Crippen molar-refractivity contribution in [2.75, 3.05) is 5.75 Å². The standard InChI is InChI=1S/C4H9OPS.C2H6/c1-3(5)4(6)2-7;1-2/h4,7H,2,6H2,1H3;1-2H3. The van der Waals surface area contributed by atoms with Crippen molar-refractivity contribution < 1.29 is 4.79 Å². The van der Waals surface area contributed by atoms with E-state index in [1.165, 1.54) is 0 Å². The molecular weight excluding hydrogens is 151 g/mol. The molecule has 1 nitrogen and oxygen atoms in total. The number of rotatable bonds is 2. The van der Waals surface area contributed by atoms with Crippen molar-refractivity contribution in [1.82, 2.24) is 0 Å². The van der Waals surface area contributed by atoms with E-state index in [0.717, 1.165) is 0 Å². The van der Waals surface area contributed by atoms with E-state index >= 15 is 0 Å². The van der Waals surface area contributed by atoms with Crippen molar-refractivity contribution in [2.24, 2.45) is 0 Å². The molecule has 0 saturated heterocycles. The Balaban J connectivity index is 0. The minimum absolute atomic E-state index is 0.0448. The largest absolute Gasteiger partial charge is 0.299 e. The second kappa shape index (κ2) is 8.45. The fourth-order valence-electron chi connectivity index (χ4n) is 0.129. The Labute approximate surface area is 65.2 Å². The molecule has 0 aliphatic heterocycles. The third kappa shape index (κ3) is 8.45. The molecule has 0 N–H and O–H groups in total. The molecule has 9 heavy (non-hydrogen) atoms. The summed E-state index contributed by atoms with van der Waals surface area (Å²) < 4.78 is 0. The summed E-state index contributed by atoms with van der Waals surface area (Å²) in [5.41, 5.74) is 0.0448. The van der Waals surface area contributed by atoms with Crippen LogP contribution in [0.15, 0.2) is 0 Å². The van der Waals surface area contributed by atoms with Crippen LogP contribution in [0.25, 0.3) is 0 Å². The Kier molecular flexibility index (Phi) is 11.4. The molecule has 3 heteroatoms. The second-order valence-corrected chi connectivity index (χ2v) is 2.57. The van der Waals surface area contributed by atoms with Crippen LogP contribution in [0, 0.1) is 0 Å². The summed E-state index contributed by atoms with van der Waals surface area (Å²) >= 11 is 3.91. The van der Waals surface area contributed by atoms with Gasteiger partial charge in [-0.25, -0.2) is 0 Å². The molecular formula is C6H15OPS. The Hall–Kier alpha value is 0.450. The number of thiol groups is 1. The van der Waals surface area contributed by atoms with E-state index in [9.17, 15) is 4.79 Å². The molecule has 56 valence electrons. The van der Waals surface area contributed by atoms with Gasteiger partial charge in [-0.05, 0) is 6.92 Å². The van der Waals surface area contributed by atoms with Gasteiger partial charge in [0.25, 0.3) is 0 Å². The summed E-state index contributed by atoms with van der Waals surface area (Å²) in [4.78, 5) is 10.3. The number of hydrogen-bond acceptors (Lipinski definition) is 2. The van der Waals surface area contributed by atoms with E-state index in [-0.39, 0.29) is 11.4 Å². The quantitative estimate of drug-likeness (QED) is 0.488. The first-order chi connectivity index (χ1) is 4.18. The van der Waals surface area contributed by atoms with Gasteiger partial charge in [0, 0.05) is 11.4 Å². The van der Waals surface area contributed by atoms with Crippen LogP contribution in [0.5, 0.6) is 0 Å². The predicted octanol–water partition coefficient (Wildman–Crippen LogP) is 1.78. The molecule has 0 aromatic heterocycles. The van der Waals surface area contributed by atoms with E-state index in [0.29, 0.717) is 5.75 Å². The van der Waals surface area contributed by atoms with Gasteiger partial charge in [0.05, 0.1) is 0 Å². The third-order valence-corrected chi connectivity index (χ3v) is 2.21. The van der Waals surface area contributed by atoms with Crippen LogP contribution in [0.3, 0.4) is 0 Å². The fourth-order valence-corrected chi connectivity index (χ4v) is 0.386. The number of carbonyl (C=O) groups excluding carboxylic acids is 1. The summed E-state index contributed by atoms with van der Waals surface area (Å²) in [6.07, 6.45) is 0. The molecule has 0 aliphatic rings. The van der Waals surface area contributed by atoms with Crippen molar-refractivity contribution in [3.63, 3.8) is 0 Å². The molecule has 0 fully saturated rings. The van der Waals surface area contributed by atoms with E-state index in [1.807, 2.05) is 13.8 Å². The van der Waals surface area contributed by atoms with E-state index in [4.69, 9.17) is 0 Å². The monoisotopic (exact) mass is 166 g/mol. The lowest BCUT2D eigenvalue weighted by Crippen LogP contribution is -2.09. The van der Waals surface area contributed by atoms with Crippen LogP contribution in [0.4, 0.5) is 0 Å². The molecule has 0 spiro atoms. The minimum atomic E-state index is 0.0448. The first kappa shape index (κ1) is 12.2. The molecule has 0 heterocycles. The van der Waals surface area contributed by atoms with Gasteiger partial charge >= 0.3 is 0 Å². The number of ketones is 1. The van der Waals surface area contributed by atoms with Gasteiger partial charge in [0.15, 0.2) is 0 Å². The van der Waals surface area contributed by atoms with E-state index in [1.54, 1.807) is 6.92 Å². The molecule has 2 unspecified atom stereocenters. The molecule has 0 radical (unpaired) electrons. The summed E-state index contributed by atoms with van der Waals surface area (Å²) in [7, 11) is 2.42. The van der Waals surface area contributed by atoms with Crippen molar-refractivity contribution in [1.29, 1.82) is 0 Å². The van der Waals surface area contributed by atoms with E-state index < -0.39 is 0 Å². The second-order valence-electron chi connectivity index (χ2n) is 1.40. The Morgan fingerprint density at radius 3 is 2.00 bits per heavy atom. The summed E-state index contributed by atoms with van der Waals surface area (Å²) in [5.74, 6) is 0.806. The van der Waals surface area contributed by atoms with Crippen LogP contribution >= 0.6 is 21.9 Å². The molecule has 0 amide bonds. The lowest BCUT2D eigenvalue weighted by molar-refractivity contribution is -0.116. The van der Waals surface area contributed by atoms with Crippen LogP contribution < -0.4 is 0 Å². The molecule has 0 aliphatic carbocycles. The number of Topliss-reactive ketones (excluding diaryl/α,β-unsaturated/α-hetero) is 1. The summed E-state index contributed by atoms with van der Waals surface area (Å²) in [6, 6.07) is 0. The van der Waals surface area contributed by atoms with Gasteiger partial charge < -0.3 is 0 Å². The maximum atomic E-state index is 10.3. The highest BCUT2D eigenvalue weighted by Crippen LogP contribution is 2.01. The first-order valence-electron chi connectivity index (χ1n) is 3.05. The average molecular weight is 166 g/mol. The molecule has 0 bridgehead atoms. The number of hydrogen-bond donors (Lipinski definition) is 1. The zero-order valence-corrected chi connectivity index (χ0v) is 8.27. The minimum Gasteiger partial charge on any atom is -0.299 e. The molecule has 0 saturated carbocycles.